The molecule has 2 aromatic carbocycles. The molecule has 0 aliphatic carbocycles. The number of ether oxygens (including phenoxy) is 1. The van der Waals surface area contributed by atoms with Gasteiger partial charge in [0.25, 0.3) is 0 Å². The van der Waals surface area contributed by atoms with Crippen LogP contribution in [0.2, 0.25) is 0 Å². The zero-order valence-electron chi connectivity index (χ0n) is 19.3. The van der Waals surface area contributed by atoms with Gasteiger partial charge in [0.05, 0.1) is 26.3 Å². The number of halogens is 2. The highest BCUT2D eigenvalue weighted by Crippen LogP contribution is 2.21. The van der Waals surface area contributed by atoms with Crippen molar-refractivity contribution in [1.29, 1.82) is 0 Å². The maximum atomic E-state index is 13.8. The fourth-order valence-corrected chi connectivity index (χ4v) is 4.14. The summed E-state index contributed by atoms with van der Waals surface area (Å²) in [7, 11) is 1.63. The smallest absolute Gasteiger partial charge is 0.334 e. The van der Waals surface area contributed by atoms with Crippen molar-refractivity contribution in [2.24, 2.45) is 0 Å². The summed E-state index contributed by atoms with van der Waals surface area (Å²) in [5.41, 5.74) is 1.15. The predicted molar refractivity (Wildman–Crippen MR) is 121 cm³/mol. The molecule has 1 N–H and O–H groups in total. The number of carbonyl (C=O) groups is 3. The molecule has 0 saturated carbocycles. The number of carbonyl (C=O) groups excluding carboxylic acids is 3. The van der Waals surface area contributed by atoms with Crippen molar-refractivity contribution in [3.05, 3.63) is 71.3 Å². The van der Waals surface area contributed by atoms with Crippen LogP contribution in [0, 0.1) is 11.6 Å². The zero-order valence-corrected chi connectivity index (χ0v) is 19.3. The summed E-state index contributed by atoms with van der Waals surface area (Å²) in [6, 6.07) is 11.6. The van der Waals surface area contributed by atoms with Crippen LogP contribution in [0.25, 0.3) is 0 Å². The Hall–Kier alpha value is -3.57. The highest BCUT2D eigenvalue weighted by Gasteiger charge is 2.45. The Balaban J connectivity index is 1.37. The standard InChI is InChI=1S/C24H27F2N5O4/c1-28-14-23(33)30-15-22(32)29(10-11-35-16-18-4-2-3-5-20(18)26)13-21(30)31(28)24(34)27-12-17-6-8-19(25)9-7-17/h2-9,21H,10-16H2,1H3,(H,27,34). The van der Waals surface area contributed by atoms with Gasteiger partial charge >= 0.3 is 6.03 Å². The summed E-state index contributed by atoms with van der Waals surface area (Å²) < 4.78 is 32.4. The summed E-state index contributed by atoms with van der Waals surface area (Å²) in [4.78, 5) is 41.2. The molecule has 2 fully saturated rings. The molecule has 9 nitrogen and oxygen atoms in total. The van der Waals surface area contributed by atoms with E-state index in [2.05, 4.69) is 5.32 Å². The summed E-state index contributed by atoms with van der Waals surface area (Å²) in [5, 5.41) is 5.73. The third-order valence-corrected chi connectivity index (χ3v) is 6.02. The molecule has 2 heterocycles. The van der Waals surface area contributed by atoms with E-state index >= 15 is 0 Å². The number of amides is 4. The quantitative estimate of drug-likeness (QED) is 0.599. The van der Waals surface area contributed by atoms with Crippen LogP contribution in [0.5, 0.6) is 0 Å². The van der Waals surface area contributed by atoms with Crippen molar-refractivity contribution < 1.29 is 27.9 Å². The first kappa shape index (κ1) is 24.6. The van der Waals surface area contributed by atoms with Crippen molar-refractivity contribution in [2.45, 2.75) is 19.3 Å². The molecular weight excluding hydrogens is 460 g/mol. The van der Waals surface area contributed by atoms with E-state index in [9.17, 15) is 23.2 Å². The van der Waals surface area contributed by atoms with Gasteiger partial charge in [-0.25, -0.2) is 23.6 Å². The molecule has 4 amide bonds. The molecule has 1 unspecified atom stereocenters. The van der Waals surface area contributed by atoms with Crippen LogP contribution < -0.4 is 5.32 Å². The summed E-state index contributed by atoms with van der Waals surface area (Å²) >= 11 is 0. The second kappa shape index (κ2) is 10.8. The van der Waals surface area contributed by atoms with Gasteiger partial charge in [0, 0.05) is 25.7 Å². The van der Waals surface area contributed by atoms with Crippen molar-refractivity contribution in [3.63, 3.8) is 0 Å². The molecule has 2 aliphatic heterocycles. The third-order valence-electron chi connectivity index (χ3n) is 6.02. The number of hydrogen-bond donors (Lipinski definition) is 1. The lowest BCUT2D eigenvalue weighted by molar-refractivity contribution is -0.178. The average molecular weight is 488 g/mol. The van der Waals surface area contributed by atoms with E-state index < -0.39 is 12.2 Å². The van der Waals surface area contributed by atoms with Crippen molar-refractivity contribution in [1.82, 2.24) is 25.1 Å². The van der Waals surface area contributed by atoms with Crippen LogP contribution in [-0.2, 0) is 27.5 Å². The molecule has 11 heteroatoms. The van der Waals surface area contributed by atoms with E-state index in [4.69, 9.17) is 4.74 Å². The maximum Gasteiger partial charge on any atom is 0.334 e. The van der Waals surface area contributed by atoms with Crippen LogP contribution in [0.4, 0.5) is 13.6 Å². The second-order valence-corrected chi connectivity index (χ2v) is 8.43. The molecule has 2 saturated heterocycles. The minimum atomic E-state index is -0.682. The molecule has 0 bridgehead atoms. The SMILES string of the molecule is CN1CC(=O)N2CC(=O)N(CCOCc3ccccc3F)CC2N1C(=O)NCc1ccc(F)cc1. The van der Waals surface area contributed by atoms with E-state index in [1.807, 2.05) is 0 Å². The Morgan fingerprint density at radius 2 is 1.80 bits per heavy atom. The number of nitrogens with zero attached hydrogens (tertiary/aromatic N) is 4. The van der Waals surface area contributed by atoms with Crippen LogP contribution in [-0.4, -0.2) is 83.7 Å². The molecule has 4 rings (SSSR count). The Kier molecular flexibility index (Phi) is 7.57. The van der Waals surface area contributed by atoms with Gasteiger partial charge in [0.1, 0.15) is 24.3 Å². The van der Waals surface area contributed by atoms with Crippen LogP contribution in [0.1, 0.15) is 11.1 Å². The highest BCUT2D eigenvalue weighted by atomic mass is 19.1. The van der Waals surface area contributed by atoms with Gasteiger partial charge in [-0.1, -0.05) is 30.3 Å². The third kappa shape index (κ3) is 5.75. The summed E-state index contributed by atoms with van der Waals surface area (Å²) in [6.07, 6.45) is -0.682. The predicted octanol–water partition coefficient (Wildman–Crippen LogP) is 1.55. The van der Waals surface area contributed by atoms with Crippen molar-refractivity contribution in [3.8, 4) is 0 Å². The molecule has 35 heavy (non-hydrogen) atoms. The van der Waals surface area contributed by atoms with E-state index in [1.165, 1.54) is 38.0 Å². The molecule has 186 valence electrons. The van der Waals surface area contributed by atoms with Crippen LogP contribution >= 0.6 is 0 Å². The first-order valence-corrected chi connectivity index (χ1v) is 11.2. The Bertz CT molecular complexity index is 1080. The number of nitrogens with one attached hydrogen (secondary N) is 1. The number of hydrazine groups is 1. The molecule has 0 spiro atoms. The highest BCUT2D eigenvalue weighted by molar-refractivity contribution is 5.89. The van der Waals surface area contributed by atoms with E-state index in [0.717, 1.165) is 5.56 Å². The number of rotatable bonds is 7. The number of urea groups is 1. The van der Waals surface area contributed by atoms with Crippen molar-refractivity contribution in [2.75, 3.05) is 39.8 Å². The number of fused-ring (bicyclic) bond motifs is 1. The normalized spacial score (nSPS) is 18.6. The summed E-state index contributed by atoms with van der Waals surface area (Å²) in [5.74, 6) is -1.22. The molecule has 2 aliphatic rings. The van der Waals surface area contributed by atoms with Crippen molar-refractivity contribution >= 4 is 17.8 Å². The maximum absolute atomic E-state index is 13.8. The molecule has 2 aromatic rings. The zero-order chi connectivity index (χ0) is 24.9. The molecule has 0 radical (unpaired) electrons. The van der Waals surface area contributed by atoms with E-state index in [1.54, 1.807) is 37.4 Å². The Morgan fingerprint density at radius 3 is 2.54 bits per heavy atom. The van der Waals surface area contributed by atoms with Gasteiger partial charge in [0.2, 0.25) is 11.8 Å². The Morgan fingerprint density at radius 1 is 1.06 bits per heavy atom. The molecule has 0 aromatic heterocycles. The van der Waals surface area contributed by atoms with Gasteiger partial charge in [0.15, 0.2) is 0 Å². The minimum absolute atomic E-state index is 0.0422. The van der Waals surface area contributed by atoms with Gasteiger partial charge in [-0.3, -0.25) is 9.59 Å². The number of likely N-dealkylation sites (N-methyl/N-ethyl adjacent to an activating group) is 1. The average Bonchev–Trinajstić information content (AvgIpc) is 2.83. The van der Waals surface area contributed by atoms with Gasteiger partial charge < -0.3 is 19.9 Å². The lowest BCUT2D eigenvalue weighted by Gasteiger charge is -2.51. The summed E-state index contributed by atoms with van der Waals surface area (Å²) in [6.45, 7) is 0.585. The lowest BCUT2D eigenvalue weighted by Crippen LogP contribution is -2.73. The Labute approximate surface area is 201 Å². The lowest BCUT2D eigenvalue weighted by atomic mass is 10.2. The first-order valence-electron chi connectivity index (χ1n) is 11.2. The van der Waals surface area contributed by atoms with E-state index in [-0.39, 0.29) is 69.4 Å². The van der Waals surface area contributed by atoms with E-state index in [0.29, 0.717) is 5.56 Å². The topological polar surface area (TPSA) is 85.4 Å². The fraction of sp³-hybridized carbons (Fsp3) is 0.375. The first-order chi connectivity index (χ1) is 16.8. The van der Waals surface area contributed by atoms with Crippen LogP contribution in [0.3, 0.4) is 0 Å². The van der Waals surface area contributed by atoms with Gasteiger partial charge in [-0.15, -0.1) is 0 Å². The van der Waals surface area contributed by atoms with Crippen LogP contribution in [0.15, 0.2) is 48.5 Å². The number of piperazine rings is 1. The second-order valence-electron chi connectivity index (χ2n) is 8.43. The molecule has 1 atom stereocenters. The monoisotopic (exact) mass is 487 g/mol. The number of hydrogen-bond acceptors (Lipinski definition) is 5. The molecular formula is C24H27F2N5O4. The fourth-order valence-electron chi connectivity index (χ4n) is 4.14. The van der Waals surface area contributed by atoms with Gasteiger partial charge in [-0.05, 0) is 23.8 Å². The number of benzene rings is 2. The van der Waals surface area contributed by atoms with Gasteiger partial charge in [-0.2, -0.15) is 0 Å². The minimum Gasteiger partial charge on any atom is -0.375 e. The largest absolute Gasteiger partial charge is 0.375 e.